The minimum Gasteiger partial charge on any atom is -0.481 e. The van der Waals surface area contributed by atoms with Gasteiger partial charge in [0.25, 0.3) is 0 Å². The second-order valence-electron chi connectivity index (χ2n) is 12.3. The Morgan fingerprint density at radius 1 is 0.745 bits per heavy atom. The summed E-state index contributed by atoms with van der Waals surface area (Å²) in [6.07, 6.45) is -1.96. The van der Waals surface area contributed by atoms with Gasteiger partial charge in [0.2, 0.25) is 47.3 Å². The molecule has 26 heteroatoms. The highest BCUT2D eigenvalue weighted by atomic mass is 33.1. The number of nitrogens with two attached hydrogens (primary N) is 3. The zero-order valence-corrected chi connectivity index (χ0v) is 31.6. The van der Waals surface area contributed by atoms with Gasteiger partial charge in [0.05, 0.1) is 32.0 Å². The molecule has 1 heterocycles. The lowest BCUT2D eigenvalue weighted by atomic mass is 10.0. The van der Waals surface area contributed by atoms with Crippen LogP contribution in [-0.2, 0) is 47.9 Å². The third-order valence-electron chi connectivity index (χ3n) is 7.33. The molecule has 55 heavy (non-hydrogen) atoms. The number of carbonyl (C=O) groups is 10. The Bertz CT molecular complexity index is 1470. The van der Waals surface area contributed by atoms with Crippen molar-refractivity contribution in [1.29, 1.82) is 5.41 Å². The molecule has 1 aliphatic rings. The Morgan fingerprint density at radius 3 is 1.78 bits per heavy atom. The first-order valence-electron chi connectivity index (χ1n) is 16.6. The monoisotopic (exact) mass is 820 g/mol. The molecule has 0 aliphatic carbocycles. The Kier molecular flexibility index (Phi) is 20.9. The number of nitrogens with one attached hydrogen (secondary N) is 9. The lowest BCUT2D eigenvalue weighted by molar-refractivity contribution is -0.143. The van der Waals surface area contributed by atoms with Crippen LogP contribution in [0.15, 0.2) is 0 Å². The largest absolute Gasteiger partial charge is 0.481 e. The van der Waals surface area contributed by atoms with Crippen molar-refractivity contribution in [2.75, 3.05) is 31.1 Å². The van der Waals surface area contributed by atoms with E-state index in [1.165, 1.54) is 13.8 Å². The van der Waals surface area contributed by atoms with E-state index in [2.05, 4.69) is 42.5 Å². The maximum absolute atomic E-state index is 13.3. The van der Waals surface area contributed by atoms with E-state index in [0.717, 1.165) is 21.6 Å². The molecule has 0 aromatic carbocycles. The summed E-state index contributed by atoms with van der Waals surface area (Å²) >= 11 is 0. The maximum atomic E-state index is 13.3. The molecule has 0 bridgehead atoms. The molecule has 6 atom stereocenters. The van der Waals surface area contributed by atoms with E-state index in [1.807, 2.05) is 0 Å². The highest BCUT2D eigenvalue weighted by Gasteiger charge is 2.34. The fourth-order valence-corrected chi connectivity index (χ4v) is 6.78. The predicted molar refractivity (Wildman–Crippen MR) is 196 cm³/mol. The van der Waals surface area contributed by atoms with Crippen molar-refractivity contribution in [3.8, 4) is 0 Å². The number of carboxylic acids is 2. The van der Waals surface area contributed by atoms with E-state index in [-0.39, 0.29) is 36.9 Å². The number of guanidine groups is 1. The number of amides is 8. The molecule has 0 unspecified atom stereocenters. The van der Waals surface area contributed by atoms with E-state index in [0.29, 0.717) is 0 Å². The topological polar surface area (TPSA) is 409 Å². The van der Waals surface area contributed by atoms with Crippen molar-refractivity contribution in [3.05, 3.63) is 0 Å². The number of primary amides is 1. The SMILES string of the molecule is CC(C)[C@H]1NC(=O)[C@@H](CC(=O)O)NC(=O)[C@H](CC(=O)O)NC(=O)CNC(=O)[C@H](CCCNC(=N)N)NC(=O)CNC(=O)[C@H](N)CSSC[C@H](C(N)=O)NC1=O. The number of hydrogen-bond acceptors (Lipinski definition) is 14. The van der Waals surface area contributed by atoms with E-state index in [4.69, 9.17) is 22.6 Å². The zero-order chi connectivity index (χ0) is 41.8. The summed E-state index contributed by atoms with van der Waals surface area (Å²) in [5.74, 6) is -12.3. The van der Waals surface area contributed by atoms with Crippen molar-refractivity contribution in [2.24, 2.45) is 23.1 Å². The van der Waals surface area contributed by atoms with Gasteiger partial charge < -0.3 is 69.9 Å². The summed E-state index contributed by atoms with van der Waals surface area (Å²) in [7, 11) is 2.05. The molecule has 0 aromatic rings. The molecule has 1 aliphatic heterocycles. The van der Waals surface area contributed by atoms with Crippen LogP contribution < -0.4 is 59.7 Å². The number of hydrogen-bond donors (Lipinski definition) is 14. The smallest absolute Gasteiger partial charge is 0.305 e. The van der Waals surface area contributed by atoms with Crippen LogP contribution in [0.3, 0.4) is 0 Å². The van der Waals surface area contributed by atoms with Gasteiger partial charge in [0.1, 0.15) is 30.2 Å². The second-order valence-corrected chi connectivity index (χ2v) is 14.8. The standard InChI is InChI=1S/C29H48N12O12S2/c1-12(2)22-28(53)40-17(23(31)48)11-55-54-10-13(30)24(49)35-8-18(42)37-14(4-3-5-34-29(32)33)25(50)36-9-19(43)38-15(6-20(44)45)26(51)39-16(7-21(46)47)27(52)41-22/h12-17,22H,3-11,30H2,1-2H3,(H2,31,48)(H,35,49)(H,36,50)(H,37,42)(H,38,43)(H,39,51)(H,40,53)(H,41,52)(H,44,45)(H,46,47)(H4,32,33,34)/t13-,14+,15+,16-,17-,22-/m1/s1. The van der Waals surface area contributed by atoms with E-state index in [9.17, 15) is 58.2 Å². The number of carboxylic acid groups (broad SMARTS) is 2. The Balaban J connectivity index is 3.43. The molecule has 0 spiro atoms. The van der Waals surface area contributed by atoms with Gasteiger partial charge in [-0.25, -0.2) is 0 Å². The molecule has 0 aromatic heterocycles. The van der Waals surface area contributed by atoms with E-state index in [1.54, 1.807) is 0 Å². The van der Waals surface area contributed by atoms with Crippen molar-refractivity contribution in [3.63, 3.8) is 0 Å². The van der Waals surface area contributed by atoms with E-state index >= 15 is 0 Å². The van der Waals surface area contributed by atoms with Gasteiger partial charge in [-0.05, 0) is 18.8 Å². The van der Waals surface area contributed by atoms with Crippen molar-refractivity contribution in [2.45, 2.75) is 75.8 Å². The third kappa shape index (κ3) is 19.0. The van der Waals surface area contributed by atoms with Gasteiger partial charge in [-0.15, -0.1) is 0 Å². The first kappa shape index (κ1) is 47.7. The van der Waals surface area contributed by atoms with Crippen LogP contribution >= 0.6 is 21.6 Å². The van der Waals surface area contributed by atoms with Gasteiger partial charge in [-0.2, -0.15) is 0 Å². The van der Waals surface area contributed by atoms with Crippen molar-refractivity contribution < 1.29 is 58.2 Å². The summed E-state index contributed by atoms with van der Waals surface area (Å²) in [5.41, 5.74) is 16.6. The van der Waals surface area contributed by atoms with Gasteiger partial charge in [-0.3, -0.25) is 53.4 Å². The molecule has 0 saturated carbocycles. The number of carbonyl (C=O) groups excluding carboxylic acids is 8. The van der Waals surface area contributed by atoms with Crippen LogP contribution in [0.4, 0.5) is 0 Å². The van der Waals surface area contributed by atoms with Gasteiger partial charge in [0, 0.05) is 18.1 Å². The second kappa shape index (κ2) is 24.1. The van der Waals surface area contributed by atoms with Crippen LogP contribution in [0.25, 0.3) is 0 Å². The minimum atomic E-state index is -1.90. The Morgan fingerprint density at radius 2 is 1.25 bits per heavy atom. The molecule has 1 saturated heterocycles. The first-order valence-corrected chi connectivity index (χ1v) is 19.1. The van der Waals surface area contributed by atoms with Gasteiger partial charge >= 0.3 is 11.9 Å². The molecule has 308 valence electrons. The highest BCUT2D eigenvalue weighted by molar-refractivity contribution is 8.76. The normalized spacial score (nSPS) is 24.8. The minimum absolute atomic E-state index is 0.0253. The quantitative estimate of drug-likeness (QED) is 0.0422. The number of rotatable bonds is 10. The summed E-state index contributed by atoms with van der Waals surface area (Å²) in [4.78, 5) is 126. The molecule has 0 radical (unpaired) electrons. The summed E-state index contributed by atoms with van der Waals surface area (Å²) in [6.45, 7) is 1.68. The Labute approximate surface area is 322 Å². The zero-order valence-electron chi connectivity index (χ0n) is 29.9. The van der Waals surface area contributed by atoms with Crippen LogP contribution in [0.5, 0.6) is 0 Å². The lowest BCUT2D eigenvalue weighted by Crippen LogP contribution is -2.60. The molecular weight excluding hydrogens is 773 g/mol. The third-order valence-corrected chi connectivity index (χ3v) is 9.78. The molecule has 17 N–H and O–H groups in total. The summed E-state index contributed by atoms with van der Waals surface area (Å²) in [6, 6.07) is -8.94. The molecule has 8 amide bonds. The van der Waals surface area contributed by atoms with Crippen LogP contribution in [0, 0.1) is 11.3 Å². The molecule has 24 nitrogen and oxygen atoms in total. The predicted octanol–water partition coefficient (Wildman–Crippen LogP) is -6.28. The molecule has 1 rings (SSSR count). The first-order chi connectivity index (χ1) is 25.7. The van der Waals surface area contributed by atoms with E-state index < -0.39 is 127 Å². The average Bonchev–Trinajstić information content (AvgIpc) is 3.08. The van der Waals surface area contributed by atoms with Crippen molar-refractivity contribution >= 4 is 86.7 Å². The van der Waals surface area contributed by atoms with Crippen LogP contribution in [0.2, 0.25) is 0 Å². The number of aliphatic carboxylic acids is 2. The highest BCUT2D eigenvalue weighted by Crippen LogP contribution is 2.22. The van der Waals surface area contributed by atoms with Crippen molar-refractivity contribution in [1.82, 2.24) is 42.5 Å². The fraction of sp³-hybridized carbons (Fsp3) is 0.621. The molecular formula is C29H48N12O12S2. The summed E-state index contributed by atoms with van der Waals surface area (Å²) < 4.78 is 0. The fourth-order valence-electron chi connectivity index (χ4n) is 4.48. The van der Waals surface area contributed by atoms with Crippen LogP contribution in [0.1, 0.15) is 39.5 Å². The average molecular weight is 821 g/mol. The Hall–Kier alpha value is -5.37. The van der Waals surface area contributed by atoms with Gasteiger partial charge in [-0.1, -0.05) is 35.4 Å². The summed E-state index contributed by atoms with van der Waals surface area (Å²) in [5, 5.41) is 44.4. The molecule has 1 fully saturated rings. The lowest BCUT2D eigenvalue weighted by Gasteiger charge is -2.27. The van der Waals surface area contributed by atoms with Crippen LogP contribution in [-0.4, -0.2) is 143 Å². The van der Waals surface area contributed by atoms with Gasteiger partial charge in [0.15, 0.2) is 5.96 Å². The maximum Gasteiger partial charge on any atom is 0.305 e.